The van der Waals surface area contributed by atoms with E-state index in [9.17, 15) is 5.26 Å². The third kappa shape index (κ3) is 1.40. The summed E-state index contributed by atoms with van der Waals surface area (Å²) < 4.78 is 0. The summed E-state index contributed by atoms with van der Waals surface area (Å²) in [7, 11) is 0. The highest BCUT2D eigenvalue weighted by molar-refractivity contribution is 5.41. The highest BCUT2D eigenvalue weighted by Crippen LogP contribution is 2.48. The van der Waals surface area contributed by atoms with E-state index < -0.39 is 5.54 Å². The summed E-state index contributed by atoms with van der Waals surface area (Å²) in [6, 6.07) is 13.0. The summed E-state index contributed by atoms with van der Waals surface area (Å²) in [5.74, 6) is 0.248. The predicted octanol–water partition coefficient (Wildman–Crippen LogP) is 0.406. The maximum Gasteiger partial charge on any atom is 0.121 e. The number of hydrogen-bond acceptors (Lipinski definition) is 4. The second kappa shape index (κ2) is 4.05. The Morgan fingerprint density at radius 3 is 2.25 bits per heavy atom. The Morgan fingerprint density at radius 1 is 1.10 bits per heavy atom. The van der Waals surface area contributed by atoms with Crippen molar-refractivity contribution in [1.82, 2.24) is 9.80 Å². The van der Waals surface area contributed by atoms with Crippen molar-refractivity contribution in [3.05, 3.63) is 35.9 Å². The maximum atomic E-state index is 9.86. The van der Waals surface area contributed by atoms with Gasteiger partial charge in [-0.2, -0.15) is 5.26 Å². The van der Waals surface area contributed by atoms with E-state index in [0.29, 0.717) is 0 Å². The van der Waals surface area contributed by atoms with Crippen LogP contribution in [0.3, 0.4) is 0 Å². The van der Waals surface area contributed by atoms with Gasteiger partial charge in [0.25, 0.3) is 0 Å². The molecule has 0 aliphatic carbocycles. The number of nitrogens with two attached hydrogens (primary N) is 1. The average molecular weight is 268 g/mol. The quantitative estimate of drug-likeness (QED) is 0.801. The van der Waals surface area contributed by atoms with Crippen LogP contribution in [0.25, 0.3) is 0 Å². The molecule has 4 aliphatic rings. The first kappa shape index (κ1) is 12.3. The lowest BCUT2D eigenvalue weighted by atomic mass is 9.56. The monoisotopic (exact) mass is 268 g/mol. The Hall–Kier alpha value is -1.41. The van der Waals surface area contributed by atoms with Crippen molar-refractivity contribution in [2.45, 2.75) is 11.0 Å². The molecule has 4 aliphatic heterocycles. The first-order valence-corrected chi connectivity index (χ1v) is 7.38. The van der Waals surface area contributed by atoms with Crippen molar-refractivity contribution >= 4 is 0 Å². The summed E-state index contributed by atoms with van der Waals surface area (Å²) in [5, 5.41) is 9.86. The summed E-state index contributed by atoms with van der Waals surface area (Å²) in [6.45, 7) is 5.96. The number of nitrogens with zero attached hydrogens (tertiary/aromatic N) is 3. The second-order valence-electron chi connectivity index (χ2n) is 6.60. The van der Waals surface area contributed by atoms with E-state index >= 15 is 0 Å². The molecule has 1 aromatic carbocycles. The normalized spacial score (nSPS) is 45.9. The number of hydrogen-bond donors (Lipinski definition) is 1. The molecule has 4 heterocycles. The molecule has 0 spiro atoms. The maximum absolute atomic E-state index is 9.86. The molecule has 0 saturated carbocycles. The minimum absolute atomic E-state index is 0.248. The van der Waals surface area contributed by atoms with Gasteiger partial charge in [0.05, 0.1) is 11.5 Å². The van der Waals surface area contributed by atoms with Crippen LogP contribution in [0.1, 0.15) is 5.56 Å². The van der Waals surface area contributed by atoms with E-state index in [-0.39, 0.29) is 11.3 Å². The van der Waals surface area contributed by atoms with Gasteiger partial charge in [0.2, 0.25) is 0 Å². The molecule has 0 radical (unpaired) electrons. The molecule has 0 aromatic heterocycles. The van der Waals surface area contributed by atoms with Gasteiger partial charge in [-0.25, -0.2) is 0 Å². The lowest BCUT2D eigenvalue weighted by Crippen LogP contribution is -2.76. The van der Waals surface area contributed by atoms with Gasteiger partial charge in [0.15, 0.2) is 0 Å². The molecule has 4 saturated heterocycles. The van der Waals surface area contributed by atoms with E-state index in [1.54, 1.807) is 0 Å². The van der Waals surface area contributed by atoms with Gasteiger partial charge in [-0.15, -0.1) is 0 Å². The molecule has 4 fully saturated rings. The lowest BCUT2D eigenvalue weighted by Gasteiger charge is -2.58. The van der Waals surface area contributed by atoms with Crippen molar-refractivity contribution in [2.75, 3.05) is 39.3 Å². The lowest BCUT2D eigenvalue weighted by molar-refractivity contribution is 0.000309. The largest absolute Gasteiger partial charge is 0.312 e. The van der Waals surface area contributed by atoms with Crippen molar-refractivity contribution in [2.24, 2.45) is 11.7 Å². The van der Waals surface area contributed by atoms with Gasteiger partial charge in [-0.3, -0.25) is 0 Å². The first-order chi connectivity index (χ1) is 9.68. The number of rotatable bonds is 1. The van der Waals surface area contributed by atoms with Crippen molar-refractivity contribution in [3.8, 4) is 6.07 Å². The highest BCUT2D eigenvalue weighted by atomic mass is 15.3. The van der Waals surface area contributed by atoms with Crippen LogP contribution in [0.2, 0.25) is 0 Å². The molecule has 2 unspecified atom stereocenters. The zero-order chi connectivity index (χ0) is 13.8. The number of piperidine rings is 2. The van der Waals surface area contributed by atoms with Gasteiger partial charge in [0.1, 0.15) is 5.54 Å². The Kier molecular flexibility index (Phi) is 2.50. The molecule has 0 amide bonds. The Bertz CT molecular complexity index is 548. The predicted molar refractivity (Wildman–Crippen MR) is 77.0 cm³/mol. The molecule has 4 bridgehead atoms. The zero-order valence-corrected chi connectivity index (χ0v) is 11.6. The fraction of sp³-hybridized carbons (Fsp3) is 0.562. The first-order valence-electron chi connectivity index (χ1n) is 7.38. The second-order valence-corrected chi connectivity index (χ2v) is 6.60. The van der Waals surface area contributed by atoms with Gasteiger partial charge >= 0.3 is 0 Å². The summed E-state index contributed by atoms with van der Waals surface area (Å²) >= 11 is 0. The third-order valence-electron chi connectivity index (χ3n) is 5.62. The molecule has 1 aromatic rings. The molecule has 4 heteroatoms. The van der Waals surface area contributed by atoms with E-state index in [4.69, 9.17) is 5.73 Å². The number of fused-ring (bicyclic) bond motifs is 1. The summed E-state index contributed by atoms with van der Waals surface area (Å²) in [6.07, 6.45) is 0. The third-order valence-corrected chi connectivity index (χ3v) is 5.62. The van der Waals surface area contributed by atoms with E-state index in [0.717, 1.165) is 39.3 Å². The molecule has 2 N–H and O–H groups in total. The summed E-state index contributed by atoms with van der Waals surface area (Å²) in [4.78, 5) is 5.01. The van der Waals surface area contributed by atoms with E-state index in [1.807, 2.05) is 6.07 Å². The van der Waals surface area contributed by atoms with E-state index in [2.05, 4.69) is 40.1 Å². The fourth-order valence-corrected chi connectivity index (χ4v) is 4.56. The van der Waals surface area contributed by atoms with Gasteiger partial charge < -0.3 is 15.5 Å². The van der Waals surface area contributed by atoms with Crippen molar-refractivity contribution < 1.29 is 0 Å². The van der Waals surface area contributed by atoms with Crippen LogP contribution in [-0.2, 0) is 5.41 Å². The molecular formula is C16H20N4. The molecule has 20 heavy (non-hydrogen) atoms. The van der Waals surface area contributed by atoms with Crippen LogP contribution >= 0.6 is 0 Å². The number of benzene rings is 1. The average Bonchev–Trinajstić information content (AvgIpc) is 2.74. The van der Waals surface area contributed by atoms with Crippen LogP contribution in [0, 0.1) is 17.2 Å². The minimum Gasteiger partial charge on any atom is -0.312 e. The topological polar surface area (TPSA) is 56.3 Å². The Morgan fingerprint density at radius 2 is 1.70 bits per heavy atom. The Labute approximate surface area is 119 Å². The standard InChI is InChI=1S/C16H20N4/c17-10-16(18)14-8-19-6-7-20(9-14)12-15(16,11-19)13-4-2-1-3-5-13/h1-5,14H,6-9,11-12,18H2/t14?,15?,16-/m0/s1. The zero-order valence-electron chi connectivity index (χ0n) is 11.6. The fourth-order valence-electron chi connectivity index (χ4n) is 4.56. The SMILES string of the molecule is N#C[C@]1(N)C2CN3CCN(C2)CC1(c1ccccc1)C3. The molecular weight excluding hydrogens is 248 g/mol. The Balaban J connectivity index is 1.92. The highest BCUT2D eigenvalue weighted by Gasteiger charge is 2.63. The van der Waals surface area contributed by atoms with Gasteiger partial charge in [-0.05, 0) is 5.56 Å². The van der Waals surface area contributed by atoms with E-state index in [1.165, 1.54) is 5.56 Å². The van der Waals surface area contributed by atoms with Crippen molar-refractivity contribution in [3.63, 3.8) is 0 Å². The summed E-state index contributed by atoms with van der Waals surface area (Å²) in [5.41, 5.74) is 6.95. The molecule has 4 nitrogen and oxygen atoms in total. The van der Waals surface area contributed by atoms with Crippen LogP contribution in [0.5, 0.6) is 0 Å². The molecule has 5 rings (SSSR count). The van der Waals surface area contributed by atoms with Crippen LogP contribution in [0.4, 0.5) is 0 Å². The van der Waals surface area contributed by atoms with Gasteiger partial charge in [-0.1, -0.05) is 30.3 Å². The molecule has 104 valence electrons. The minimum atomic E-state index is -0.744. The van der Waals surface area contributed by atoms with Crippen LogP contribution < -0.4 is 5.73 Å². The smallest absolute Gasteiger partial charge is 0.121 e. The van der Waals surface area contributed by atoms with Crippen LogP contribution in [0.15, 0.2) is 30.3 Å². The molecule has 3 atom stereocenters. The van der Waals surface area contributed by atoms with Crippen LogP contribution in [-0.4, -0.2) is 54.6 Å². The number of nitriles is 1. The van der Waals surface area contributed by atoms with Crippen molar-refractivity contribution in [1.29, 1.82) is 5.26 Å². The van der Waals surface area contributed by atoms with Gasteiger partial charge in [0, 0.05) is 45.2 Å².